The molecule has 2 rings (SSSR count). The molecule has 0 aromatic carbocycles. The third-order valence-electron chi connectivity index (χ3n) is 3.09. The van der Waals surface area contributed by atoms with Crippen molar-refractivity contribution in [1.82, 2.24) is 9.88 Å². The lowest BCUT2D eigenvalue weighted by Gasteiger charge is -2.28. The van der Waals surface area contributed by atoms with E-state index in [0.29, 0.717) is 25.3 Å². The monoisotopic (exact) mass is 316 g/mol. The zero-order valence-electron chi connectivity index (χ0n) is 10.3. The average Bonchev–Trinajstić information content (AvgIpc) is 2.39. The SMILES string of the molecule is FC1CCN(CCCOc2ccc(Br)cn2)CC1. The highest BCUT2D eigenvalue weighted by molar-refractivity contribution is 9.10. The van der Waals surface area contributed by atoms with Crippen LogP contribution < -0.4 is 4.74 Å². The Morgan fingerprint density at radius 1 is 1.39 bits per heavy atom. The van der Waals surface area contributed by atoms with Crippen molar-refractivity contribution < 1.29 is 9.13 Å². The molecule has 1 aromatic heterocycles. The van der Waals surface area contributed by atoms with E-state index in [0.717, 1.165) is 30.5 Å². The fourth-order valence-corrected chi connectivity index (χ4v) is 2.27. The molecule has 1 fully saturated rings. The minimum absolute atomic E-state index is 0.593. The number of nitrogens with zero attached hydrogens (tertiary/aromatic N) is 2. The molecular weight excluding hydrogens is 299 g/mol. The first-order valence-electron chi connectivity index (χ1n) is 6.35. The zero-order chi connectivity index (χ0) is 12.8. The molecule has 1 aromatic rings. The quantitative estimate of drug-likeness (QED) is 0.781. The van der Waals surface area contributed by atoms with Crippen LogP contribution in [0.3, 0.4) is 0 Å². The van der Waals surface area contributed by atoms with E-state index in [-0.39, 0.29) is 0 Å². The van der Waals surface area contributed by atoms with Crippen LogP contribution in [0.15, 0.2) is 22.8 Å². The van der Waals surface area contributed by atoms with Gasteiger partial charge in [-0.25, -0.2) is 9.37 Å². The van der Waals surface area contributed by atoms with Gasteiger partial charge in [-0.15, -0.1) is 0 Å². The lowest BCUT2D eigenvalue weighted by Crippen LogP contribution is -2.35. The Labute approximate surface area is 115 Å². The predicted molar refractivity (Wildman–Crippen MR) is 72.6 cm³/mol. The van der Waals surface area contributed by atoms with Crippen LogP contribution in [-0.4, -0.2) is 42.3 Å². The minimum Gasteiger partial charge on any atom is -0.478 e. The molecule has 2 heterocycles. The van der Waals surface area contributed by atoms with Gasteiger partial charge >= 0.3 is 0 Å². The molecule has 0 atom stereocenters. The largest absolute Gasteiger partial charge is 0.478 e. The zero-order valence-corrected chi connectivity index (χ0v) is 11.9. The lowest BCUT2D eigenvalue weighted by molar-refractivity contribution is 0.142. The standard InChI is InChI=1S/C13H18BrFN2O/c14-11-2-3-13(16-10-11)18-9-1-6-17-7-4-12(15)5-8-17/h2-3,10,12H,1,4-9H2. The van der Waals surface area contributed by atoms with E-state index < -0.39 is 6.17 Å². The highest BCUT2D eigenvalue weighted by Crippen LogP contribution is 2.14. The van der Waals surface area contributed by atoms with Gasteiger partial charge in [0.15, 0.2) is 0 Å². The number of aromatic nitrogens is 1. The molecule has 100 valence electrons. The van der Waals surface area contributed by atoms with E-state index in [2.05, 4.69) is 25.8 Å². The molecule has 0 N–H and O–H groups in total. The van der Waals surface area contributed by atoms with Crippen molar-refractivity contribution in [2.45, 2.75) is 25.4 Å². The number of likely N-dealkylation sites (tertiary alicyclic amines) is 1. The van der Waals surface area contributed by atoms with Gasteiger partial charge in [0.25, 0.3) is 0 Å². The second-order valence-corrected chi connectivity index (χ2v) is 5.45. The predicted octanol–water partition coefficient (Wildman–Crippen LogP) is 3.05. The number of pyridine rings is 1. The summed E-state index contributed by atoms with van der Waals surface area (Å²) in [6.07, 6.45) is 3.43. The topological polar surface area (TPSA) is 25.4 Å². The molecule has 0 saturated carbocycles. The molecule has 0 bridgehead atoms. The molecule has 0 unspecified atom stereocenters. The Morgan fingerprint density at radius 3 is 2.83 bits per heavy atom. The van der Waals surface area contributed by atoms with Crippen LogP contribution in [-0.2, 0) is 0 Å². The normalized spacial score (nSPS) is 17.9. The molecule has 0 spiro atoms. The Hall–Kier alpha value is -0.680. The summed E-state index contributed by atoms with van der Waals surface area (Å²) in [7, 11) is 0. The Kier molecular flexibility index (Phi) is 5.38. The van der Waals surface area contributed by atoms with Gasteiger partial charge in [-0.05, 0) is 41.3 Å². The van der Waals surface area contributed by atoms with Gasteiger partial charge in [0.05, 0.1) is 6.61 Å². The van der Waals surface area contributed by atoms with Crippen LogP contribution in [0, 0.1) is 0 Å². The van der Waals surface area contributed by atoms with E-state index in [1.165, 1.54) is 0 Å². The van der Waals surface area contributed by atoms with Crippen molar-refractivity contribution in [2.24, 2.45) is 0 Å². The van der Waals surface area contributed by atoms with Crippen LogP contribution in [0.25, 0.3) is 0 Å². The van der Waals surface area contributed by atoms with Crippen molar-refractivity contribution in [2.75, 3.05) is 26.2 Å². The smallest absolute Gasteiger partial charge is 0.213 e. The van der Waals surface area contributed by atoms with Gasteiger partial charge in [0.2, 0.25) is 5.88 Å². The summed E-state index contributed by atoms with van der Waals surface area (Å²) in [5.41, 5.74) is 0. The van der Waals surface area contributed by atoms with E-state index in [9.17, 15) is 4.39 Å². The molecule has 18 heavy (non-hydrogen) atoms. The number of alkyl halides is 1. The number of halogens is 2. The molecule has 3 nitrogen and oxygen atoms in total. The highest BCUT2D eigenvalue weighted by atomic mass is 79.9. The van der Waals surface area contributed by atoms with Gasteiger partial charge in [-0.1, -0.05) is 0 Å². The third kappa shape index (κ3) is 4.53. The summed E-state index contributed by atoms with van der Waals surface area (Å²) in [4.78, 5) is 6.44. The summed E-state index contributed by atoms with van der Waals surface area (Å²) in [6, 6.07) is 3.76. The summed E-state index contributed by atoms with van der Waals surface area (Å²) in [5.74, 6) is 0.653. The number of rotatable bonds is 5. The third-order valence-corrected chi connectivity index (χ3v) is 3.56. The van der Waals surface area contributed by atoms with Gasteiger partial charge in [-0.2, -0.15) is 0 Å². The Bertz CT molecular complexity index is 353. The first-order chi connectivity index (χ1) is 8.74. The van der Waals surface area contributed by atoms with E-state index in [4.69, 9.17) is 4.74 Å². The van der Waals surface area contributed by atoms with E-state index in [1.807, 2.05) is 12.1 Å². The fourth-order valence-electron chi connectivity index (χ4n) is 2.04. The van der Waals surface area contributed by atoms with E-state index >= 15 is 0 Å². The Morgan fingerprint density at radius 2 is 2.17 bits per heavy atom. The highest BCUT2D eigenvalue weighted by Gasteiger charge is 2.17. The first-order valence-corrected chi connectivity index (χ1v) is 7.14. The summed E-state index contributed by atoms with van der Waals surface area (Å²) < 4.78 is 19.4. The second-order valence-electron chi connectivity index (χ2n) is 4.53. The number of piperidine rings is 1. The van der Waals surface area contributed by atoms with Crippen LogP contribution in [0.1, 0.15) is 19.3 Å². The van der Waals surface area contributed by atoms with Crippen LogP contribution in [0.4, 0.5) is 4.39 Å². The maximum absolute atomic E-state index is 12.9. The molecule has 1 aliphatic heterocycles. The number of hydrogen-bond donors (Lipinski definition) is 0. The molecule has 0 aliphatic carbocycles. The van der Waals surface area contributed by atoms with E-state index in [1.54, 1.807) is 6.20 Å². The van der Waals surface area contributed by atoms with Crippen LogP contribution in [0.5, 0.6) is 5.88 Å². The number of hydrogen-bond acceptors (Lipinski definition) is 3. The summed E-state index contributed by atoms with van der Waals surface area (Å²) in [5, 5.41) is 0. The van der Waals surface area contributed by atoms with Crippen molar-refractivity contribution >= 4 is 15.9 Å². The van der Waals surface area contributed by atoms with Gasteiger partial charge in [0.1, 0.15) is 6.17 Å². The molecule has 0 amide bonds. The van der Waals surface area contributed by atoms with Crippen molar-refractivity contribution in [1.29, 1.82) is 0 Å². The lowest BCUT2D eigenvalue weighted by atomic mass is 10.1. The van der Waals surface area contributed by atoms with Crippen molar-refractivity contribution in [3.05, 3.63) is 22.8 Å². The second kappa shape index (κ2) is 7.04. The molecular formula is C13H18BrFN2O. The molecule has 1 saturated heterocycles. The van der Waals surface area contributed by atoms with Gasteiger partial charge in [-0.3, -0.25) is 0 Å². The molecule has 0 radical (unpaired) electrons. The molecule has 1 aliphatic rings. The number of ether oxygens (including phenoxy) is 1. The maximum Gasteiger partial charge on any atom is 0.213 e. The van der Waals surface area contributed by atoms with Crippen LogP contribution in [0.2, 0.25) is 0 Å². The fraction of sp³-hybridized carbons (Fsp3) is 0.615. The first kappa shape index (κ1) is 13.7. The maximum atomic E-state index is 12.9. The Balaban J connectivity index is 1.60. The van der Waals surface area contributed by atoms with Gasteiger partial charge in [0, 0.05) is 36.4 Å². The van der Waals surface area contributed by atoms with Crippen molar-refractivity contribution in [3.8, 4) is 5.88 Å². The minimum atomic E-state index is -0.593. The van der Waals surface area contributed by atoms with Gasteiger partial charge < -0.3 is 9.64 Å². The molecule has 5 heteroatoms. The average molecular weight is 317 g/mol. The summed E-state index contributed by atoms with van der Waals surface area (Å²) in [6.45, 7) is 3.38. The summed E-state index contributed by atoms with van der Waals surface area (Å²) >= 11 is 3.33. The van der Waals surface area contributed by atoms with Crippen molar-refractivity contribution in [3.63, 3.8) is 0 Å². The van der Waals surface area contributed by atoms with Crippen LogP contribution >= 0.6 is 15.9 Å².